The third-order valence-corrected chi connectivity index (χ3v) is 2.40. The molecule has 6 heteroatoms. The van der Waals surface area contributed by atoms with Gasteiger partial charge < -0.3 is 10.4 Å². The van der Waals surface area contributed by atoms with Crippen LogP contribution in [0.3, 0.4) is 0 Å². The summed E-state index contributed by atoms with van der Waals surface area (Å²) in [6.07, 6.45) is 1.57. The topological polar surface area (TPSA) is 75.1 Å². The van der Waals surface area contributed by atoms with Gasteiger partial charge in [0.1, 0.15) is 11.6 Å². The zero-order valence-electron chi connectivity index (χ0n) is 10.0. The lowest BCUT2D eigenvalue weighted by Crippen LogP contribution is -2.09. The molecule has 0 radical (unpaired) electrons. The Morgan fingerprint density at radius 2 is 2.00 bits per heavy atom. The molecular weight excluding hydrogens is 249 g/mol. The number of carbonyl (C=O) groups is 1. The van der Waals surface area contributed by atoms with Crippen molar-refractivity contribution in [1.82, 2.24) is 9.97 Å². The third-order valence-electron chi connectivity index (χ3n) is 2.40. The van der Waals surface area contributed by atoms with Crippen LogP contribution in [0, 0.1) is 5.82 Å². The average molecular weight is 261 g/mol. The fourth-order valence-corrected chi connectivity index (χ4v) is 1.49. The molecular formula is C13H12FN3O2. The van der Waals surface area contributed by atoms with Gasteiger partial charge in [-0.15, -0.1) is 0 Å². The predicted octanol–water partition coefficient (Wildman–Crippen LogP) is 2.17. The highest BCUT2D eigenvalue weighted by Crippen LogP contribution is 2.16. The molecule has 0 bridgehead atoms. The van der Waals surface area contributed by atoms with E-state index in [0.29, 0.717) is 17.2 Å². The Kier molecular flexibility index (Phi) is 4.02. The number of hydrogen-bond acceptors (Lipinski definition) is 4. The van der Waals surface area contributed by atoms with Crippen LogP contribution in [0.5, 0.6) is 0 Å². The molecule has 0 atom stereocenters. The summed E-state index contributed by atoms with van der Waals surface area (Å²) in [6.45, 7) is 0.287. The Hall–Kier alpha value is -2.50. The molecule has 98 valence electrons. The number of carboxylic acid groups (broad SMARTS) is 1. The maximum absolute atomic E-state index is 12.8. The maximum Gasteiger partial charge on any atom is 0.305 e. The fraction of sp³-hybridized carbons (Fsp3) is 0.154. The normalized spacial score (nSPS) is 10.2. The van der Waals surface area contributed by atoms with Crippen molar-refractivity contribution in [2.24, 2.45) is 0 Å². The Morgan fingerprint density at radius 3 is 2.68 bits per heavy atom. The minimum Gasteiger partial charge on any atom is -0.481 e. The van der Waals surface area contributed by atoms with Crippen molar-refractivity contribution in [3.63, 3.8) is 0 Å². The highest BCUT2D eigenvalue weighted by atomic mass is 19.1. The van der Waals surface area contributed by atoms with Crippen LogP contribution >= 0.6 is 0 Å². The lowest BCUT2D eigenvalue weighted by molar-refractivity contribution is -0.136. The van der Waals surface area contributed by atoms with Crippen LogP contribution in [-0.2, 0) is 4.79 Å². The molecule has 2 rings (SSSR count). The summed E-state index contributed by atoms with van der Waals surface area (Å²) in [7, 11) is 0. The van der Waals surface area contributed by atoms with Gasteiger partial charge in [0.2, 0.25) is 0 Å². The molecule has 0 saturated carbocycles. The minimum absolute atomic E-state index is 0.00981. The first kappa shape index (κ1) is 12.9. The number of hydrogen-bond donors (Lipinski definition) is 2. The smallest absolute Gasteiger partial charge is 0.305 e. The molecule has 19 heavy (non-hydrogen) atoms. The first-order valence-corrected chi connectivity index (χ1v) is 5.70. The van der Waals surface area contributed by atoms with Crippen molar-refractivity contribution in [2.45, 2.75) is 6.42 Å². The van der Waals surface area contributed by atoms with Crippen LogP contribution < -0.4 is 5.32 Å². The van der Waals surface area contributed by atoms with Crippen LogP contribution in [0.4, 0.5) is 10.2 Å². The molecule has 2 N–H and O–H groups in total. The van der Waals surface area contributed by atoms with Crippen molar-refractivity contribution in [1.29, 1.82) is 0 Å². The van der Waals surface area contributed by atoms with Crippen molar-refractivity contribution >= 4 is 11.8 Å². The number of nitrogens with one attached hydrogen (secondary N) is 1. The largest absolute Gasteiger partial charge is 0.481 e. The lowest BCUT2D eigenvalue weighted by Gasteiger charge is -2.05. The molecule has 1 aromatic carbocycles. The molecule has 5 nitrogen and oxygen atoms in total. The second kappa shape index (κ2) is 5.90. The van der Waals surface area contributed by atoms with E-state index in [0.717, 1.165) is 0 Å². The van der Waals surface area contributed by atoms with E-state index in [-0.39, 0.29) is 18.8 Å². The van der Waals surface area contributed by atoms with E-state index in [2.05, 4.69) is 15.3 Å². The van der Waals surface area contributed by atoms with Crippen LogP contribution in [0.2, 0.25) is 0 Å². The van der Waals surface area contributed by atoms with E-state index in [9.17, 15) is 9.18 Å². The van der Waals surface area contributed by atoms with Gasteiger partial charge in [0, 0.05) is 18.3 Å². The number of nitrogens with zero attached hydrogens (tertiary/aromatic N) is 2. The Labute approximate surface area is 109 Å². The SMILES string of the molecule is O=C(O)CCNc1ccnc(-c2ccc(F)cc2)n1. The predicted molar refractivity (Wildman–Crippen MR) is 68.2 cm³/mol. The van der Waals surface area contributed by atoms with E-state index < -0.39 is 5.97 Å². The summed E-state index contributed by atoms with van der Waals surface area (Å²) in [5.74, 6) is -0.198. The molecule has 0 amide bonds. The van der Waals surface area contributed by atoms with Crippen molar-refractivity contribution in [3.8, 4) is 11.4 Å². The van der Waals surface area contributed by atoms with Crippen LogP contribution in [0.25, 0.3) is 11.4 Å². The standard InChI is InChI=1S/C13H12FN3O2/c14-10-3-1-9(2-4-10)13-16-7-5-11(17-13)15-8-6-12(18)19/h1-5,7H,6,8H2,(H,18,19)(H,15,16,17). The zero-order valence-corrected chi connectivity index (χ0v) is 10.0. The van der Waals surface area contributed by atoms with Gasteiger partial charge in [-0.25, -0.2) is 14.4 Å². The van der Waals surface area contributed by atoms with Gasteiger partial charge in [-0.2, -0.15) is 0 Å². The Balaban J connectivity index is 2.10. The van der Waals surface area contributed by atoms with Gasteiger partial charge in [0.25, 0.3) is 0 Å². The third kappa shape index (κ3) is 3.74. The monoisotopic (exact) mass is 261 g/mol. The molecule has 0 saturated heterocycles. The number of benzene rings is 1. The molecule has 0 aliphatic carbocycles. The second-order valence-electron chi connectivity index (χ2n) is 3.84. The molecule has 0 fully saturated rings. The highest BCUT2D eigenvalue weighted by Gasteiger charge is 2.03. The number of halogens is 1. The molecule has 0 spiro atoms. The summed E-state index contributed by atoms with van der Waals surface area (Å²) < 4.78 is 12.8. The van der Waals surface area contributed by atoms with E-state index >= 15 is 0 Å². The van der Waals surface area contributed by atoms with Crippen LogP contribution in [0.15, 0.2) is 36.5 Å². The number of carboxylic acids is 1. The lowest BCUT2D eigenvalue weighted by atomic mass is 10.2. The molecule has 1 heterocycles. The number of aliphatic carboxylic acids is 1. The van der Waals surface area contributed by atoms with Crippen molar-refractivity contribution in [3.05, 3.63) is 42.3 Å². The number of anilines is 1. The molecule has 0 unspecified atom stereocenters. The summed E-state index contributed by atoms with van der Waals surface area (Å²) >= 11 is 0. The molecule has 0 aliphatic heterocycles. The fourth-order valence-electron chi connectivity index (χ4n) is 1.49. The van der Waals surface area contributed by atoms with Gasteiger partial charge in [-0.05, 0) is 30.3 Å². The van der Waals surface area contributed by atoms with Gasteiger partial charge >= 0.3 is 5.97 Å². The summed E-state index contributed by atoms with van der Waals surface area (Å²) in [4.78, 5) is 18.7. The van der Waals surface area contributed by atoms with Gasteiger partial charge in [0.05, 0.1) is 6.42 Å². The molecule has 0 aliphatic rings. The van der Waals surface area contributed by atoms with E-state index in [4.69, 9.17) is 5.11 Å². The van der Waals surface area contributed by atoms with Crippen molar-refractivity contribution in [2.75, 3.05) is 11.9 Å². The van der Waals surface area contributed by atoms with Crippen molar-refractivity contribution < 1.29 is 14.3 Å². The van der Waals surface area contributed by atoms with E-state index in [1.54, 1.807) is 24.4 Å². The molecule has 2 aromatic rings. The van der Waals surface area contributed by atoms with Crippen LogP contribution in [-0.4, -0.2) is 27.6 Å². The van der Waals surface area contributed by atoms with Gasteiger partial charge in [0.15, 0.2) is 5.82 Å². The maximum atomic E-state index is 12.8. The van der Waals surface area contributed by atoms with E-state index in [1.165, 1.54) is 12.1 Å². The molecule has 1 aromatic heterocycles. The summed E-state index contributed by atoms with van der Waals surface area (Å²) in [5, 5.41) is 11.4. The Morgan fingerprint density at radius 1 is 1.26 bits per heavy atom. The zero-order chi connectivity index (χ0) is 13.7. The average Bonchev–Trinajstić information content (AvgIpc) is 2.39. The van der Waals surface area contributed by atoms with E-state index in [1.807, 2.05) is 0 Å². The van der Waals surface area contributed by atoms with Gasteiger partial charge in [-0.3, -0.25) is 4.79 Å². The summed E-state index contributed by atoms with van der Waals surface area (Å²) in [6, 6.07) is 7.50. The van der Waals surface area contributed by atoms with Crippen LogP contribution in [0.1, 0.15) is 6.42 Å². The number of rotatable bonds is 5. The number of aromatic nitrogens is 2. The minimum atomic E-state index is -0.875. The summed E-state index contributed by atoms with van der Waals surface area (Å²) in [5.41, 5.74) is 0.697. The first-order chi connectivity index (χ1) is 9.15. The quantitative estimate of drug-likeness (QED) is 0.862. The highest BCUT2D eigenvalue weighted by molar-refractivity contribution is 5.67. The Bertz CT molecular complexity index is 572. The first-order valence-electron chi connectivity index (χ1n) is 5.70. The van der Waals surface area contributed by atoms with Gasteiger partial charge in [-0.1, -0.05) is 0 Å². The second-order valence-corrected chi connectivity index (χ2v) is 3.84.